The van der Waals surface area contributed by atoms with Crippen molar-refractivity contribution in [2.45, 2.75) is 24.0 Å². The lowest BCUT2D eigenvalue weighted by Gasteiger charge is -2.50. The molecule has 4 heterocycles. The van der Waals surface area contributed by atoms with Crippen molar-refractivity contribution in [2.75, 3.05) is 45.6 Å². The summed E-state index contributed by atoms with van der Waals surface area (Å²) in [5.74, 6) is 0.666. The molecule has 142 valence electrons. The van der Waals surface area contributed by atoms with E-state index >= 15 is 0 Å². The molecule has 0 aliphatic carbocycles. The van der Waals surface area contributed by atoms with Gasteiger partial charge in [0.15, 0.2) is 9.84 Å². The minimum atomic E-state index is -3.16. The number of methoxy groups -OCH3 is 1. The van der Waals surface area contributed by atoms with Crippen molar-refractivity contribution in [3.8, 4) is 5.88 Å². The van der Waals surface area contributed by atoms with Gasteiger partial charge in [-0.1, -0.05) is 0 Å². The number of pyridine rings is 1. The largest absolute Gasteiger partial charge is 0.481 e. The number of carbonyl (C=O) groups is 1. The van der Waals surface area contributed by atoms with Crippen LogP contribution in [0.2, 0.25) is 0 Å². The molecule has 4 rings (SSSR count). The summed E-state index contributed by atoms with van der Waals surface area (Å²) in [7, 11) is -1.63. The molecule has 3 saturated heterocycles. The van der Waals surface area contributed by atoms with E-state index < -0.39 is 14.6 Å². The van der Waals surface area contributed by atoms with Crippen LogP contribution in [0, 0.1) is 5.92 Å². The first kappa shape index (κ1) is 17.7. The molecule has 3 aliphatic heterocycles. The zero-order valence-electron chi connectivity index (χ0n) is 15.1. The van der Waals surface area contributed by atoms with Gasteiger partial charge in [0.05, 0.1) is 18.4 Å². The van der Waals surface area contributed by atoms with Crippen LogP contribution >= 0.6 is 0 Å². The molecule has 0 bridgehead atoms. The Hall–Kier alpha value is -1.67. The fraction of sp³-hybridized carbons (Fsp3) is 0.667. The minimum Gasteiger partial charge on any atom is -0.481 e. The normalized spacial score (nSPS) is 26.8. The maximum atomic E-state index is 12.8. The SMILES string of the molecule is COc1ccc(C(=O)N2CC3(C2)C(CN2CCCC2)CCS3(=O)=O)cn1. The summed E-state index contributed by atoms with van der Waals surface area (Å²) in [6.07, 6.45) is 4.59. The summed E-state index contributed by atoms with van der Waals surface area (Å²) >= 11 is 0. The Bertz CT molecular complexity index is 781. The van der Waals surface area contributed by atoms with E-state index in [1.54, 1.807) is 17.0 Å². The lowest BCUT2D eigenvalue weighted by molar-refractivity contribution is 0.0432. The molecule has 7 nitrogen and oxygen atoms in total. The zero-order chi connectivity index (χ0) is 18.4. The van der Waals surface area contributed by atoms with Gasteiger partial charge in [0.1, 0.15) is 4.75 Å². The number of sulfone groups is 1. The number of likely N-dealkylation sites (tertiary alicyclic amines) is 2. The van der Waals surface area contributed by atoms with E-state index in [2.05, 4.69) is 9.88 Å². The summed E-state index contributed by atoms with van der Waals surface area (Å²) in [5, 5.41) is 0. The van der Waals surface area contributed by atoms with E-state index in [1.807, 2.05) is 0 Å². The summed E-state index contributed by atoms with van der Waals surface area (Å²) in [6.45, 7) is 3.57. The summed E-state index contributed by atoms with van der Waals surface area (Å²) < 4.78 is 29.8. The number of hydrogen-bond acceptors (Lipinski definition) is 6. The quantitative estimate of drug-likeness (QED) is 0.770. The van der Waals surface area contributed by atoms with Crippen molar-refractivity contribution in [3.63, 3.8) is 0 Å². The molecule has 0 aromatic carbocycles. The fourth-order valence-corrected chi connectivity index (χ4v) is 6.97. The molecule has 0 radical (unpaired) electrons. The molecular weight excluding hydrogens is 354 g/mol. The first-order valence-corrected chi connectivity index (χ1v) is 10.8. The molecule has 1 unspecified atom stereocenters. The average Bonchev–Trinajstić information content (AvgIpc) is 3.19. The third kappa shape index (κ3) is 2.79. The van der Waals surface area contributed by atoms with Gasteiger partial charge in [0.25, 0.3) is 5.91 Å². The smallest absolute Gasteiger partial charge is 0.255 e. The van der Waals surface area contributed by atoms with E-state index in [4.69, 9.17) is 4.74 Å². The predicted octanol–water partition coefficient (Wildman–Crippen LogP) is 0.815. The second-order valence-electron chi connectivity index (χ2n) is 7.63. The van der Waals surface area contributed by atoms with Crippen molar-refractivity contribution >= 4 is 15.7 Å². The maximum absolute atomic E-state index is 12.8. The van der Waals surface area contributed by atoms with E-state index in [0.717, 1.165) is 19.6 Å². The summed E-state index contributed by atoms with van der Waals surface area (Å²) in [6, 6.07) is 3.31. The van der Waals surface area contributed by atoms with Gasteiger partial charge in [-0.25, -0.2) is 13.4 Å². The Labute approximate surface area is 154 Å². The first-order valence-electron chi connectivity index (χ1n) is 9.19. The number of rotatable bonds is 4. The highest BCUT2D eigenvalue weighted by Crippen LogP contribution is 2.45. The van der Waals surface area contributed by atoms with Crippen molar-refractivity contribution in [1.29, 1.82) is 0 Å². The van der Waals surface area contributed by atoms with Crippen LogP contribution in [-0.4, -0.2) is 79.4 Å². The van der Waals surface area contributed by atoms with Crippen LogP contribution in [0.1, 0.15) is 29.6 Å². The highest BCUT2D eigenvalue weighted by molar-refractivity contribution is 7.93. The number of hydrogen-bond donors (Lipinski definition) is 0. The number of ether oxygens (including phenoxy) is 1. The van der Waals surface area contributed by atoms with Gasteiger partial charge in [-0.15, -0.1) is 0 Å². The van der Waals surface area contributed by atoms with Crippen LogP contribution in [0.15, 0.2) is 18.3 Å². The second-order valence-corrected chi connectivity index (χ2v) is 10.1. The molecule has 26 heavy (non-hydrogen) atoms. The van der Waals surface area contributed by atoms with Crippen LogP contribution < -0.4 is 4.74 Å². The monoisotopic (exact) mass is 379 g/mol. The number of aromatic nitrogens is 1. The van der Waals surface area contributed by atoms with Gasteiger partial charge in [-0.2, -0.15) is 0 Å². The van der Waals surface area contributed by atoms with E-state index in [1.165, 1.54) is 26.1 Å². The summed E-state index contributed by atoms with van der Waals surface area (Å²) in [4.78, 5) is 20.8. The van der Waals surface area contributed by atoms with Gasteiger partial charge in [-0.3, -0.25) is 4.79 Å². The average molecular weight is 379 g/mol. The first-order chi connectivity index (χ1) is 12.4. The maximum Gasteiger partial charge on any atom is 0.255 e. The Kier molecular flexibility index (Phi) is 4.43. The highest BCUT2D eigenvalue weighted by atomic mass is 32.2. The van der Waals surface area contributed by atoms with Gasteiger partial charge in [0, 0.05) is 31.9 Å². The Morgan fingerprint density at radius 1 is 1.31 bits per heavy atom. The Morgan fingerprint density at radius 2 is 2.04 bits per heavy atom. The Balaban J connectivity index is 1.47. The highest BCUT2D eigenvalue weighted by Gasteiger charge is 2.62. The van der Waals surface area contributed by atoms with Crippen LogP contribution in [-0.2, 0) is 9.84 Å². The molecule has 1 atom stereocenters. The Morgan fingerprint density at radius 3 is 2.65 bits per heavy atom. The topological polar surface area (TPSA) is 79.8 Å². The summed E-state index contributed by atoms with van der Waals surface area (Å²) in [5.41, 5.74) is 0.465. The number of amides is 1. The standard InChI is InChI=1S/C18H25N3O4S/c1-25-16-5-4-14(10-19-16)17(22)21-12-18(13-21)15(6-9-26(18,23)24)11-20-7-2-3-8-20/h4-5,10,15H,2-3,6-9,11-13H2,1H3. The minimum absolute atomic E-state index is 0.128. The molecule has 1 amide bonds. The van der Waals surface area contributed by atoms with Crippen molar-refractivity contribution in [2.24, 2.45) is 5.92 Å². The predicted molar refractivity (Wildman–Crippen MR) is 97.0 cm³/mol. The fourth-order valence-electron chi connectivity index (χ4n) is 4.56. The van der Waals surface area contributed by atoms with Crippen LogP contribution in [0.4, 0.5) is 0 Å². The number of carbonyl (C=O) groups excluding carboxylic acids is 1. The van der Waals surface area contributed by atoms with Crippen molar-refractivity contribution < 1.29 is 17.9 Å². The second kappa shape index (κ2) is 6.49. The van der Waals surface area contributed by atoms with Crippen LogP contribution in [0.5, 0.6) is 5.88 Å². The van der Waals surface area contributed by atoms with Crippen molar-refractivity contribution in [1.82, 2.24) is 14.8 Å². The van der Waals surface area contributed by atoms with Crippen LogP contribution in [0.25, 0.3) is 0 Å². The molecule has 3 aliphatic rings. The lowest BCUT2D eigenvalue weighted by atomic mass is 9.82. The zero-order valence-corrected chi connectivity index (χ0v) is 15.9. The van der Waals surface area contributed by atoms with Gasteiger partial charge >= 0.3 is 0 Å². The molecule has 0 N–H and O–H groups in total. The molecule has 3 fully saturated rings. The molecule has 1 aromatic heterocycles. The van der Waals surface area contributed by atoms with E-state index in [0.29, 0.717) is 31.0 Å². The van der Waals surface area contributed by atoms with E-state index in [9.17, 15) is 13.2 Å². The number of nitrogens with zero attached hydrogens (tertiary/aromatic N) is 3. The molecular formula is C18H25N3O4S. The van der Waals surface area contributed by atoms with Crippen LogP contribution in [0.3, 0.4) is 0 Å². The third-order valence-corrected chi connectivity index (χ3v) is 8.78. The van der Waals surface area contributed by atoms with Gasteiger partial charge < -0.3 is 14.5 Å². The molecule has 8 heteroatoms. The van der Waals surface area contributed by atoms with E-state index in [-0.39, 0.29) is 17.6 Å². The third-order valence-electron chi connectivity index (χ3n) is 6.17. The van der Waals surface area contributed by atoms with Gasteiger partial charge in [-0.05, 0) is 44.3 Å². The molecule has 0 saturated carbocycles. The lowest BCUT2D eigenvalue weighted by Crippen LogP contribution is -2.69. The molecule has 1 aromatic rings. The molecule has 1 spiro atoms. The van der Waals surface area contributed by atoms with Gasteiger partial charge in [0.2, 0.25) is 5.88 Å². The van der Waals surface area contributed by atoms with Crippen molar-refractivity contribution in [3.05, 3.63) is 23.9 Å².